The molecule has 0 radical (unpaired) electrons. The Morgan fingerprint density at radius 1 is 0.923 bits per heavy atom. The molecule has 26 heavy (non-hydrogen) atoms. The van der Waals surface area contributed by atoms with Gasteiger partial charge in [0.1, 0.15) is 5.82 Å². The molecule has 1 aromatic heterocycles. The van der Waals surface area contributed by atoms with Crippen LogP contribution in [0, 0.1) is 13.8 Å². The fourth-order valence-corrected chi connectivity index (χ4v) is 2.83. The van der Waals surface area contributed by atoms with Gasteiger partial charge in [-0.25, -0.2) is 4.98 Å². The van der Waals surface area contributed by atoms with E-state index in [2.05, 4.69) is 20.6 Å². The average molecular weight is 369 g/mol. The standard InChI is InChI=1S/C19H17ClN4O2/c1-11-3-4-13(20)8-15(11)23-19-21-12(2)7-18(24-19)22-14-5-6-16-17(9-14)26-10-25-16/h3-9H,10H2,1-2H3,(H2,21,22,23,24). The van der Waals surface area contributed by atoms with Crippen molar-refractivity contribution in [3.8, 4) is 11.5 Å². The lowest BCUT2D eigenvalue weighted by Crippen LogP contribution is -2.03. The second kappa shape index (κ2) is 6.72. The minimum Gasteiger partial charge on any atom is -0.454 e. The van der Waals surface area contributed by atoms with Crippen LogP contribution in [0.5, 0.6) is 11.5 Å². The van der Waals surface area contributed by atoms with Crippen molar-refractivity contribution < 1.29 is 9.47 Å². The summed E-state index contributed by atoms with van der Waals surface area (Å²) >= 11 is 6.08. The van der Waals surface area contributed by atoms with Crippen LogP contribution >= 0.6 is 11.6 Å². The number of hydrogen-bond donors (Lipinski definition) is 2. The first-order valence-electron chi connectivity index (χ1n) is 8.12. The molecule has 2 N–H and O–H groups in total. The van der Waals surface area contributed by atoms with Gasteiger partial charge in [0.05, 0.1) is 0 Å². The monoisotopic (exact) mass is 368 g/mol. The van der Waals surface area contributed by atoms with Crippen molar-refractivity contribution in [3.63, 3.8) is 0 Å². The van der Waals surface area contributed by atoms with Gasteiger partial charge in [-0.2, -0.15) is 4.98 Å². The highest BCUT2D eigenvalue weighted by Crippen LogP contribution is 2.35. The van der Waals surface area contributed by atoms with Gasteiger partial charge in [-0.1, -0.05) is 17.7 Å². The van der Waals surface area contributed by atoms with Crippen LogP contribution in [0.1, 0.15) is 11.3 Å². The lowest BCUT2D eigenvalue weighted by Gasteiger charge is -2.12. The zero-order valence-corrected chi connectivity index (χ0v) is 15.1. The molecule has 0 unspecified atom stereocenters. The SMILES string of the molecule is Cc1cc(Nc2ccc3c(c2)OCO3)nc(Nc2cc(Cl)ccc2C)n1. The molecular formula is C19H17ClN4O2. The van der Waals surface area contributed by atoms with Crippen molar-refractivity contribution in [1.29, 1.82) is 0 Å². The smallest absolute Gasteiger partial charge is 0.231 e. The summed E-state index contributed by atoms with van der Waals surface area (Å²) in [6.45, 7) is 4.17. The number of rotatable bonds is 4. The molecular weight excluding hydrogens is 352 g/mol. The number of fused-ring (bicyclic) bond motifs is 1. The van der Waals surface area contributed by atoms with E-state index in [-0.39, 0.29) is 6.79 Å². The topological polar surface area (TPSA) is 68.3 Å². The van der Waals surface area contributed by atoms with E-state index < -0.39 is 0 Å². The van der Waals surface area contributed by atoms with Gasteiger partial charge in [0.25, 0.3) is 0 Å². The summed E-state index contributed by atoms with van der Waals surface area (Å²) in [6.07, 6.45) is 0. The number of aryl methyl sites for hydroxylation is 2. The summed E-state index contributed by atoms with van der Waals surface area (Å²) in [4.78, 5) is 8.99. The van der Waals surface area contributed by atoms with Gasteiger partial charge >= 0.3 is 0 Å². The molecule has 0 atom stereocenters. The van der Waals surface area contributed by atoms with Gasteiger partial charge < -0.3 is 20.1 Å². The second-order valence-electron chi connectivity index (χ2n) is 6.00. The molecule has 0 aliphatic carbocycles. The lowest BCUT2D eigenvalue weighted by molar-refractivity contribution is 0.174. The third kappa shape index (κ3) is 3.50. The number of halogens is 1. The molecule has 1 aliphatic heterocycles. The molecule has 0 fully saturated rings. The third-order valence-electron chi connectivity index (χ3n) is 3.95. The maximum Gasteiger partial charge on any atom is 0.231 e. The van der Waals surface area contributed by atoms with Crippen LogP contribution < -0.4 is 20.1 Å². The Bertz CT molecular complexity index is 978. The van der Waals surface area contributed by atoms with Crippen molar-refractivity contribution >= 4 is 34.7 Å². The maximum absolute atomic E-state index is 6.08. The molecule has 3 aromatic rings. The quantitative estimate of drug-likeness (QED) is 0.678. The Labute approximate surface area is 156 Å². The van der Waals surface area contributed by atoms with Gasteiger partial charge in [0, 0.05) is 34.2 Å². The van der Waals surface area contributed by atoms with Gasteiger partial charge in [0.15, 0.2) is 11.5 Å². The fourth-order valence-electron chi connectivity index (χ4n) is 2.66. The Morgan fingerprint density at radius 3 is 2.65 bits per heavy atom. The summed E-state index contributed by atoms with van der Waals surface area (Å²) in [7, 11) is 0. The first-order chi connectivity index (χ1) is 12.6. The molecule has 0 spiro atoms. The van der Waals surface area contributed by atoms with E-state index in [0.29, 0.717) is 22.5 Å². The molecule has 0 saturated carbocycles. The van der Waals surface area contributed by atoms with Crippen molar-refractivity contribution in [3.05, 3.63) is 58.7 Å². The molecule has 2 aromatic carbocycles. The zero-order valence-electron chi connectivity index (χ0n) is 14.3. The maximum atomic E-state index is 6.08. The lowest BCUT2D eigenvalue weighted by atomic mass is 10.2. The summed E-state index contributed by atoms with van der Waals surface area (Å²) in [5, 5.41) is 7.16. The highest BCUT2D eigenvalue weighted by atomic mass is 35.5. The van der Waals surface area contributed by atoms with Gasteiger partial charge in [0.2, 0.25) is 12.7 Å². The van der Waals surface area contributed by atoms with Crippen molar-refractivity contribution in [1.82, 2.24) is 9.97 Å². The average Bonchev–Trinajstić information content (AvgIpc) is 3.05. The molecule has 0 bridgehead atoms. The van der Waals surface area contributed by atoms with Gasteiger partial charge in [-0.05, 0) is 43.7 Å². The van der Waals surface area contributed by atoms with E-state index in [1.54, 1.807) is 0 Å². The molecule has 7 heteroatoms. The minimum atomic E-state index is 0.248. The van der Waals surface area contributed by atoms with Gasteiger partial charge in [-0.3, -0.25) is 0 Å². The van der Waals surface area contributed by atoms with Crippen LogP contribution in [-0.4, -0.2) is 16.8 Å². The normalized spacial score (nSPS) is 12.1. The van der Waals surface area contributed by atoms with Crippen LogP contribution in [0.3, 0.4) is 0 Å². The van der Waals surface area contributed by atoms with Crippen LogP contribution in [0.4, 0.5) is 23.1 Å². The van der Waals surface area contributed by atoms with Crippen molar-refractivity contribution in [2.24, 2.45) is 0 Å². The van der Waals surface area contributed by atoms with E-state index >= 15 is 0 Å². The van der Waals surface area contributed by atoms with Crippen molar-refractivity contribution in [2.75, 3.05) is 17.4 Å². The number of anilines is 4. The fraction of sp³-hybridized carbons (Fsp3) is 0.158. The Balaban J connectivity index is 1.59. The molecule has 1 aliphatic rings. The minimum absolute atomic E-state index is 0.248. The van der Waals surface area contributed by atoms with E-state index in [4.69, 9.17) is 21.1 Å². The zero-order chi connectivity index (χ0) is 18.1. The van der Waals surface area contributed by atoms with E-state index in [1.165, 1.54) is 0 Å². The summed E-state index contributed by atoms with van der Waals surface area (Å²) in [6, 6.07) is 13.2. The first-order valence-corrected chi connectivity index (χ1v) is 8.50. The Hall–Kier alpha value is -2.99. The third-order valence-corrected chi connectivity index (χ3v) is 4.18. The Morgan fingerprint density at radius 2 is 1.77 bits per heavy atom. The largest absolute Gasteiger partial charge is 0.454 e. The number of nitrogens with zero attached hydrogens (tertiary/aromatic N) is 2. The van der Waals surface area contributed by atoms with Crippen LogP contribution in [0.25, 0.3) is 0 Å². The number of benzene rings is 2. The number of ether oxygens (including phenoxy) is 2. The van der Waals surface area contributed by atoms with Crippen LogP contribution in [0.2, 0.25) is 5.02 Å². The molecule has 2 heterocycles. The van der Waals surface area contributed by atoms with Crippen LogP contribution in [-0.2, 0) is 0 Å². The summed E-state index contributed by atoms with van der Waals surface area (Å²) in [5.74, 6) is 2.64. The number of aromatic nitrogens is 2. The molecule has 6 nitrogen and oxygen atoms in total. The van der Waals surface area contributed by atoms with Crippen LogP contribution in [0.15, 0.2) is 42.5 Å². The molecule has 4 rings (SSSR count). The summed E-state index contributed by atoms with van der Waals surface area (Å²) < 4.78 is 10.7. The molecule has 132 valence electrons. The van der Waals surface area contributed by atoms with E-state index in [1.807, 2.05) is 56.3 Å². The highest BCUT2D eigenvalue weighted by molar-refractivity contribution is 6.30. The van der Waals surface area contributed by atoms with Gasteiger partial charge in [-0.15, -0.1) is 0 Å². The number of hydrogen-bond acceptors (Lipinski definition) is 6. The highest BCUT2D eigenvalue weighted by Gasteiger charge is 2.13. The predicted octanol–water partition coefficient (Wildman–Crippen LogP) is 4.96. The predicted molar refractivity (Wildman–Crippen MR) is 102 cm³/mol. The van der Waals surface area contributed by atoms with Crippen molar-refractivity contribution in [2.45, 2.75) is 13.8 Å². The first kappa shape index (κ1) is 16.5. The number of nitrogens with one attached hydrogen (secondary N) is 2. The second-order valence-corrected chi connectivity index (χ2v) is 6.43. The molecule has 0 saturated heterocycles. The van der Waals surface area contributed by atoms with E-state index in [9.17, 15) is 0 Å². The van der Waals surface area contributed by atoms with E-state index in [0.717, 1.165) is 28.4 Å². The Kier molecular flexibility index (Phi) is 4.26. The molecule has 0 amide bonds. The summed E-state index contributed by atoms with van der Waals surface area (Å²) in [5.41, 5.74) is 3.63.